The van der Waals surface area contributed by atoms with E-state index in [1.165, 1.54) is 31.9 Å². The zero-order chi connectivity index (χ0) is 17.2. The third-order valence-electron chi connectivity index (χ3n) is 4.72. The molecule has 0 amide bonds. The highest BCUT2D eigenvalue weighted by atomic mass is 127. The molecule has 1 saturated heterocycles. The molecular formula is C19H32FIN4. The van der Waals surface area contributed by atoms with Crippen LogP contribution in [0.1, 0.15) is 38.2 Å². The van der Waals surface area contributed by atoms with Crippen molar-refractivity contribution in [1.82, 2.24) is 15.5 Å². The number of aliphatic imine (C=N–C) groups is 1. The van der Waals surface area contributed by atoms with Gasteiger partial charge < -0.3 is 15.5 Å². The summed E-state index contributed by atoms with van der Waals surface area (Å²) in [6.45, 7) is 6.28. The van der Waals surface area contributed by atoms with Crippen molar-refractivity contribution in [2.75, 3.05) is 33.2 Å². The molecule has 0 spiro atoms. The number of nitrogens with one attached hydrogen (secondary N) is 2. The Hall–Kier alpha value is -0.890. The molecule has 0 saturated carbocycles. The van der Waals surface area contributed by atoms with Crippen molar-refractivity contribution in [3.8, 4) is 0 Å². The molecule has 1 aromatic rings. The van der Waals surface area contributed by atoms with Gasteiger partial charge in [0.1, 0.15) is 5.82 Å². The maximum absolute atomic E-state index is 13.6. The van der Waals surface area contributed by atoms with E-state index in [9.17, 15) is 4.39 Å². The van der Waals surface area contributed by atoms with Gasteiger partial charge in [0.2, 0.25) is 0 Å². The van der Waals surface area contributed by atoms with Gasteiger partial charge in [-0.2, -0.15) is 0 Å². The Labute approximate surface area is 168 Å². The summed E-state index contributed by atoms with van der Waals surface area (Å²) in [6.07, 6.45) is 5.79. The van der Waals surface area contributed by atoms with Crippen LogP contribution in [0.5, 0.6) is 0 Å². The minimum absolute atomic E-state index is 0. The number of halogens is 2. The Bertz CT molecular complexity index is 524. The first-order valence-electron chi connectivity index (χ1n) is 9.12. The van der Waals surface area contributed by atoms with Crippen molar-refractivity contribution in [2.24, 2.45) is 4.99 Å². The van der Waals surface area contributed by atoms with Gasteiger partial charge in [-0.1, -0.05) is 24.6 Å². The van der Waals surface area contributed by atoms with E-state index >= 15 is 0 Å². The Balaban J connectivity index is 0.00000312. The Kier molecular flexibility index (Phi) is 11.0. The summed E-state index contributed by atoms with van der Waals surface area (Å²) in [6, 6.07) is 7.64. The molecule has 1 aliphatic heterocycles. The van der Waals surface area contributed by atoms with Crippen LogP contribution >= 0.6 is 24.0 Å². The monoisotopic (exact) mass is 462 g/mol. The minimum Gasteiger partial charge on any atom is -0.356 e. The van der Waals surface area contributed by atoms with Crippen LogP contribution in [-0.4, -0.2) is 50.1 Å². The maximum Gasteiger partial charge on any atom is 0.190 e. The third-order valence-corrected chi connectivity index (χ3v) is 4.72. The summed E-state index contributed by atoms with van der Waals surface area (Å²) >= 11 is 0. The van der Waals surface area contributed by atoms with Crippen LogP contribution in [0.4, 0.5) is 4.39 Å². The number of hydrogen-bond acceptors (Lipinski definition) is 2. The van der Waals surface area contributed by atoms with Crippen LogP contribution in [0.15, 0.2) is 29.3 Å². The van der Waals surface area contributed by atoms with E-state index in [1.54, 1.807) is 13.1 Å². The SMILES string of the molecule is CN=C(NCCCN1CCCCC1C)NCCc1ccccc1F.I. The largest absolute Gasteiger partial charge is 0.356 e. The molecule has 4 nitrogen and oxygen atoms in total. The van der Waals surface area contributed by atoms with E-state index < -0.39 is 0 Å². The summed E-state index contributed by atoms with van der Waals surface area (Å²) in [4.78, 5) is 6.81. The molecule has 0 aromatic heterocycles. The molecule has 2 N–H and O–H groups in total. The highest BCUT2D eigenvalue weighted by Crippen LogP contribution is 2.16. The lowest BCUT2D eigenvalue weighted by Crippen LogP contribution is -2.41. The number of guanidine groups is 1. The van der Waals surface area contributed by atoms with Crippen LogP contribution < -0.4 is 10.6 Å². The number of hydrogen-bond donors (Lipinski definition) is 2. The summed E-state index contributed by atoms with van der Waals surface area (Å²) in [5.74, 6) is 0.649. The highest BCUT2D eigenvalue weighted by molar-refractivity contribution is 14.0. The number of rotatable bonds is 7. The fourth-order valence-corrected chi connectivity index (χ4v) is 3.22. The van der Waals surface area contributed by atoms with Gasteiger partial charge in [-0.15, -0.1) is 24.0 Å². The number of nitrogens with zero attached hydrogens (tertiary/aromatic N) is 2. The lowest BCUT2D eigenvalue weighted by molar-refractivity contribution is 0.159. The zero-order valence-corrected chi connectivity index (χ0v) is 17.8. The van der Waals surface area contributed by atoms with Crippen LogP contribution in [-0.2, 0) is 6.42 Å². The van der Waals surface area contributed by atoms with Crippen LogP contribution in [0.2, 0.25) is 0 Å². The van der Waals surface area contributed by atoms with Crippen LogP contribution in [0.25, 0.3) is 0 Å². The average molecular weight is 462 g/mol. The Morgan fingerprint density at radius 2 is 2.00 bits per heavy atom. The molecule has 0 radical (unpaired) electrons. The predicted molar refractivity (Wildman–Crippen MR) is 114 cm³/mol. The standard InChI is InChI=1S/C19H31FN4.HI/c1-16-8-5-6-14-24(16)15-7-12-22-19(21-2)23-13-11-17-9-3-4-10-18(17)20;/h3-4,9-10,16H,5-8,11-15H2,1-2H3,(H2,21,22,23);1H. The van der Waals surface area contributed by atoms with Crippen LogP contribution in [0, 0.1) is 5.82 Å². The van der Waals surface area contributed by atoms with Gasteiger partial charge in [-0.25, -0.2) is 4.39 Å². The molecule has 1 aliphatic rings. The second-order valence-electron chi connectivity index (χ2n) is 6.50. The van der Waals surface area contributed by atoms with Crippen molar-refractivity contribution in [3.63, 3.8) is 0 Å². The average Bonchev–Trinajstić information content (AvgIpc) is 2.60. The second kappa shape index (κ2) is 12.5. The molecule has 1 heterocycles. The molecule has 2 rings (SSSR count). The van der Waals surface area contributed by atoms with Gasteiger partial charge in [-0.3, -0.25) is 4.99 Å². The van der Waals surface area contributed by atoms with Gasteiger partial charge >= 0.3 is 0 Å². The zero-order valence-electron chi connectivity index (χ0n) is 15.4. The highest BCUT2D eigenvalue weighted by Gasteiger charge is 2.17. The molecule has 1 aromatic carbocycles. The second-order valence-corrected chi connectivity index (χ2v) is 6.50. The summed E-state index contributed by atoms with van der Waals surface area (Å²) in [7, 11) is 1.77. The molecule has 25 heavy (non-hydrogen) atoms. The van der Waals surface area contributed by atoms with E-state index in [4.69, 9.17) is 0 Å². The van der Waals surface area contributed by atoms with Crippen molar-refractivity contribution < 1.29 is 4.39 Å². The quantitative estimate of drug-likeness (QED) is 0.283. The summed E-state index contributed by atoms with van der Waals surface area (Å²) < 4.78 is 13.6. The summed E-state index contributed by atoms with van der Waals surface area (Å²) in [5.41, 5.74) is 0.736. The Morgan fingerprint density at radius 3 is 2.72 bits per heavy atom. The Morgan fingerprint density at radius 1 is 1.24 bits per heavy atom. The summed E-state index contributed by atoms with van der Waals surface area (Å²) in [5, 5.41) is 6.59. The molecule has 1 unspecified atom stereocenters. The van der Waals surface area contributed by atoms with E-state index in [-0.39, 0.29) is 29.8 Å². The van der Waals surface area contributed by atoms with Crippen molar-refractivity contribution in [2.45, 2.75) is 45.1 Å². The first-order chi connectivity index (χ1) is 11.7. The molecular weight excluding hydrogens is 430 g/mol. The van der Waals surface area contributed by atoms with Crippen molar-refractivity contribution >= 4 is 29.9 Å². The fourth-order valence-electron chi connectivity index (χ4n) is 3.22. The topological polar surface area (TPSA) is 39.7 Å². The van der Waals surface area contributed by atoms with E-state index in [0.717, 1.165) is 37.1 Å². The smallest absolute Gasteiger partial charge is 0.190 e. The van der Waals surface area contributed by atoms with E-state index in [0.29, 0.717) is 13.0 Å². The first-order valence-corrected chi connectivity index (χ1v) is 9.12. The van der Waals surface area contributed by atoms with Crippen molar-refractivity contribution in [3.05, 3.63) is 35.6 Å². The van der Waals surface area contributed by atoms with E-state index in [1.807, 2.05) is 12.1 Å². The first kappa shape index (κ1) is 22.2. The molecule has 1 fully saturated rings. The minimum atomic E-state index is -0.141. The molecule has 6 heteroatoms. The molecule has 142 valence electrons. The lowest BCUT2D eigenvalue weighted by atomic mass is 10.0. The number of benzene rings is 1. The molecule has 1 atom stereocenters. The van der Waals surface area contributed by atoms with Crippen molar-refractivity contribution in [1.29, 1.82) is 0 Å². The van der Waals surface area contributed by atoms with Gasteiger partial charge in [0, 0.05) is 32.7 Å². The van der Waals surface area contributed by atoms with Gasteiger partial charge in [-0.05, 0) is 50.8 Å². The van der Waals surface area contributed by atoms with Gasteiger partial charge in [0.05, 0.1) is 0 Å². The normalized spacial score (nSPS) is 18.5. The number of likely N-dealkylation sites (tertiary alicyclic amines) is 1. The maximum atomic E-state index is 13.6. The molecule has 0 bridgehead atoms. The third kappa shape index (κ3) is 7.90. The van der Waals surface area contributed by atoms with Gasteiger partial charge in [0.25, 0.3) is 0 Å². The molecule has 0 aliphatic carbocycles. The van der Waals surface area contributed by atoms with Gasteiger partial charge in [0.15, 0.2) is 5.96 Å². The lowest BCUT2D eigenvalue weighted by Gasteiger charge is -2.33. The van der Waals surface area contributed by atoms with Crippen LogP contribution in [0.3, 0.4) is 0 Å². The predicted octanol–water partition coefficient (Wildman–Crippen LogP) is 3.42. The number of piperidine rings is 1. The van der Waals surface area contributed by atoms with E-state index in [2.05, 4.69) is 27.4 Å². The fraction of sp³-hybridized carbons (Fsp3) is 0.632.